The van der Waals surface area contributed by atoms with Gasteiger partial charge in [-0.05, 0) is 13.8 Å². The fourth-order valence-electron chi connectivity index (χ4n) is 1.61. The van der Waals surface area contributed by atoms with Crippen LogP contribution in [0.15, 0.2) is 18.2 Å². The summed E-state index contributed by atoms with van der Waals surface area (Å²) >= 11 is 0. The van der Waals surface area contributed by atoms with Gasteiger partial charge >= 0.3 is 0 Å². The van der Waals surface area contributed by atoms with Crippen molar-refractivity contribution in [2.75, 3.05) is 13.1 Å². The molecule has 6 heteroatoms. The number of nitro benzene ring substituents is 1. The highest BCUT2D eigenvalue weighted by Crippen LogP contribution is 2.29. The molecule has 0 unspecified atom stereocenters. The van der Waals surface area contributed by atoms with Crippen LogP contribution in [-0.2, 0) is 0 Å². The van der Waals surface area contributed by atoms with E-state index in [0.717, 1.165) is 13.1 Å². The summed E-state index contributed by atoms with van der Waals surface area (Å²) in [6.45, 7) is 5.27. The van der Waals surface area contributed by atoms with Gasteiger partial charge in [-0.3, -0.25) is 10.1 Å². The first-order chi connectivity index (χ1) is 8.54. The van der Waals surface area contributed by atoms with Crippen LogP contribution in [0.3, 0.4) is 0 Å². The molecule has 0 bridgehead atoms. The van der Waals surface area contributed by atoms with Crippen LogP contribution < -0.4 is 14.8 Å². The van der Waals surface area contributed by atoms with Crippen molar-refractivity contribution in [3.8, 4) is 11.5 Å². The van der Waals surface area contributed by atoms with Crippen molar-refractivity contribution in [3.05, 3.63) is 28.3 Å². The Morgan fingerprint density at radius 2 is 2.00 bits per heavy atom. The van der Waals surface area contributed by atoms with Crippen LogP contribution in [-0.4, -0.2) is 30.2 Å². The van der Waals surface area contributed by atoms with Gasteiger partial charge in [0.1, 0.15) is 17.6 Å². The van der Waals surface area contributed by atoms with Gasteiger partial charge in [0.15, 0.2) is 0 Å². The van der Waals surface area contributed by atoms with Crippen molar-refractivity contribution in [3.63, 3.8) is 0 Å². The summed E-state index contributed by atoms with van der Waals surface area (Å²) in [7, 11) is 0. The Labute approximate surface area is 105 Å². The Hall–Kier alpha value is -1.82. The van der Waals surface area contributed by atoms with Gasteiger partial charge in [-0.25, -0.2) is 0 Å². The monoisotopic (exact) mass is 252 g/mol. The minimum Gasteiger partial charge on any atom is -0.491 e. The standard InChI is InChI=1S/C12H16N2O4/c1-8(2)17-10-3-9(14(15)16)4-11(5-10)18-12-6-13-7-12/h3-5,8,12-13H,6-7H2,1-2H3. The Kier molecular flexibility index (Phi) is 3.66. The third kappa shape index (κ3) is 3.10. The van der Waals surface area contributed by atoms with Gasteiger partial charge in [-0.1, -0.05) is 0 Å². The van der Waals surface area contributed by atoms with Crippen molar-refractivity contribution >= 4 is 5.69 Å². The molecule has 0 amide bonds. The smallest absolute Gasteiger partial charge is 0.276 e. The first-order valence-electron chi connectivity index (χ1n) is 5.88. The normalized spacial score (nSPS) is 15.3. The zero-order valence-electron chi connectivity index (χ0n) is 10.4. The highest BCUT2D eigenvalue weighted by atomic mass is 16.6. The van der Waals surface area contributed by atoms with E-state index in [2.05, 4.69) is 5.32 Å². The van der Waals surface area contributed by atoms with Crippen LogP contribution in [0.5, 0.6) is 11.5 Å². The molecule has 0 aliphatic carbocycles. The zero-order chi connectivity index (χ0) is 13.1. The number of hydrogen-bond donors (Lipinski definition) is 1. The summed E-state index contributed by atoms with van der Waals surface area (Å²) in [4.78, 5) is 10.4. The first-order valence-corrected chi connectivity index (χ1v) is 5.88. The highest BCUT2D eigenvalue weighted by Gasteiger charge is 2.20. The van der Waals surface area contributed by atoms with Crippen molar-refractivity contribution in [1.29, 1.82) is 0 Å². The van der Waals surface area contributed by atoms with Gasteiger partial charge in [0.25, 0.3) is 5.69 Å². The number of nitrogens with one attached hydrogen (secondary N) is 1. The Morgan fingerprint density at radius 3 is 2.50 bits per heavy atom. The zero-order valence-corrected chi connectivity index (χ0v) is 10.4. The molecule has 98 valence electrons. The largest absolute Gasteiger partial charge is 0.491 e. The molecule has 6 nitrogen and oxygen atoms in total. The Bertz CT molecular complexity index is 444. The number of non-ortho nitro benzene ring substituents is 1. The van der Waals surface area contributed by atoms with Crippen molar-refractivity contribution < 1.29 is 14.4 Å². The number of ether oxygens (including phenoxy) is 2. The molecule has 0 spiro atoms. The second-order valence-electron chi connectivity index (χ2n) is 4.48. The van der Waals surface area contributed by atoms with E-state index in [0.29, 0.717) is 11.5 Å². The van der Waals surface area contributed by atoms with E-state index in [1.807, 2.05) is 13.8 Å². The molecule has 0 aromatic heterocycles. The van der Waals surface area contributed by atoms with Crippen LogP contribution in [0, 0.1) is 10.1 Å². The van der Waals surface area contributed by atoms with E-state index in [1.54, 1.807) is 6.07 Å². The number of hydrogen-bond acceptors (Lipinski definition) is 5. The lowest BCUT2D eigenvalue weighted by Crippen LogP contribution is -2.50. The average molecular weight is 252 g/mol. The SMILES string of the molecule is CC(C)Oc1cc(OC2CNC2)cc([N+](=O)[O-])c1. The van der Waals surface area contributed by atoms with Gasteiger partial charge in [-0.2, -0.15) is 0 Å². The van der Waals surface area contributed by atoms with Gasteiger partial charge in [0.2, 0.25) is 0 Å². The lowest BCUT2D eigenvalue weighted by Gasteiger charge is -2.27. The fraction of sp³-hybridized carbons (Fsp3) is 0.500. The predicted octanol–water partition coefficient (Wildman–Crippen LogP) is 1.73. The molecule has 1 aliphatic rings. The summed E-state index contributed by atoms with van der Waals surface area (Å²) < 4.78 is 11.1. The maximum atomic E-state index is 10.8. The lowest BCUT2D eigenvalue weighted by atomic mass is 10.2. The highest BCUT2D eigenvalue weighted by molar-refractivity contribution is 5.46. The Morgan fingerprint density at radius 1 is 1.33 bits per heavy atom. The molecule has 0 atom stereocenters. The summed E-state index contributed by atoms with van der Waals surface area (Å²) in [5.74, 6) is 0.938. The summed E-state index contributed by atoms with van der Waals surface area (Å²) in [5.41, 5.74) is -0.0181. The van der Waals surface area contributed by atoms with Crippen LogP contribution in [0.4, 0.5) is 5.69 Å². The third-order valence-corrected chi connectivity index (χ3v) is 2.49. The molecule has 1 saturated heterocycles. The average Bonchev–Trinajstić information content (AvgIpc) is 2.22. The molecule has 1 aromatic rings. The summed E-state index contributed by atoms with van der Waals surface area (Å²) in [6, 6.07) is 4.52. The van der Waals surface area contributed by atoms with E-state index >= 15 is 0 Å². The molecule has 1 N–H and O–H groups in total. The van der Waals surface area contributed by atoms with E-state index in [1.165, 1.54) is 12.1 Å². The summed E-state index contributed by atoms with van der Waals surface area (Å²) in [6.07, 6.45) is 0.0455. The van der Waals surface area contributed by atoms with Crippen LogP contribution in [0.2, 0.25) is 0 Å². The van der Waals surface area contributed by atoms with Gasteiger partial charge in [0, 0.05) is 19.2 Å². The van der Waals surface area contributed by atoms with E-state index < -0.39 is 4.92 Å². The van der Waals surface area contributed by atoms with Crippen LogP contribution in [0.25, 0.3) is 0 Å². The summed E-state index contributed by atoms with van der Waals surface area (Å²) in [5, 5.41) is 13.9. The first kappa shape index (κ1) is 12.6. The molecule has 1 heterocycles. The van der Waals surface area contributed by atoms with E-state index in [-0.39, 0.29) is 17.9 Å². The maximum Gasteiger partial charge on any atom is 0.276 e. The predicted molar refractivity (Wildman–Crippen MR) is 66.1 cm³/mol. The molecule has 0 saturated carbocycles. The minimum absolute atomic E-state index is 0.0181. The number of benzene rings is 1. The molecular formula is C12H16N2O4. The van der Waals surface area contributed by atoms with Crippen LogP contribution >= 0.6 is 0 Å². The van der Waals surface area contributed by atoms with E-state index in [9.17, 15) is 10.1 Å². The molecule has 1 aromatic carbocycles. The fourth-order valence-corrected chi connectivity index (χ4v) is 1.61. The molecule has 18 heavy (non-hydrogen) atoms. The third-order valence-electron chi connectivity index (χ3n) is 2.49. The number of rotatable bonds is 5. The van der Waals surface area contributed by atoms with Gasteiger partial charge in [-0.15, -0.1) is 0 Å². The molecule has 1 aliphatic heterocycles. The molecule has 0 radical (unpaired) electrons. The van der Waals surface area contributed by atoms with Gasteiger partial charge in [0.05, 0.1) is 23.2 Å². The second-order valence-corrected chi connectivity index (χ2v) is 4.48. The molecular weight excluding hydrogens is 236 g/mol. The molecule has 2 rings (SSSR count). The van der Waals surface area contributed by atoms with Crippen LogP contribution in [0.1, 0.15) is 13.8 Å². The topological polar surface area (TPSA) is 73.6 Å². The maximum absolute atomic E-state index is 10.8. The van der Waals surface area contributed by atoms with Crippen molar-refractivity contribution in [1.82, 2.24) is 5.32 Å². The lowest BCUT2D eigenvalue weighted by molar-refractivity contribution is -0.385. The molecule has 1 fully saturated rings. The van der Waals surface area contributed by atoms with Crippen molar-refractivity contribution in [2.24, 2.45) is 0 Å². The number of nitrogens with zero attached hydrogens (tertiary/aromatic N) is 1. The van der Waals surface area contributed by atoms with E-state index in [4.69, 9.17) is 9.47 Å². The minimum atomic E-state index is -0.445. The quantitative estimate of drug-likeness (QED) is 0.638. The van der Waals surface area contributed by atoms with Gasteiger partial charge < -0.3 is 14.8 Å². The van der Waals surface area contributed by atoms with Crippen molar-refractivity contribution in [2.45, 2.75) is 26.1 Å². The number of nitro groups is 1. The second kappa shape index (κ2) is 5.22. The Balaban J connectivity index is 2.20.